The zero-order chi connectivity index (χ0) is 19.5. The van der Waals surface area contributed by atoms with E-state index in [1.54, 1.807) is 0 Å². The standard InChI is InChI=1S/C22H23N3O3/c26-21(24-15-7-6-12-19(24)22(27)28)14-13-20-23-17-10-4-5-11-18(17)25(20)16-8-2-1-3-9-16/h1-5,8-11,19H,6-7,12-15H2,(H,27,28)/t19-/m1/s1. The van der Waals surface area contributed by atoms with Gasteiger partial charge in [-0.2, -0.15) is 0 Å². The highest BCUT2D eigenvalue weighted by Crippen LogP contribution is 2.23. The van der Waals surface area contributed by atoms with Crippen molar-refractivity contribution in [1.82, 2.24) is 14.5 Å². The number of imidazole rings is 1. The number of benzene rings is 2. The molecule has 1 atom stereocenters. The number of aromatic nitrogens is 2. The number of carbonyl (C=O) groups is 2. The van der Waals surface area contributed by atoms with Gasteiger partial charge in [0.1, 0.15) is 11.9 Å². The van der Waals surface area contributed by atoms with Crippen LogP contribution in [0.5, 0.6) is 0 Å². The molecule has 1 amide bonds. The molecule has 1 N–H and O–H groups in total. The molecule has 1 aliphatic rings. The highest BCUT2D eigenvalue weighted by atomic mass is 16.4. The quantitative estimate of drug-likeness (QED) is 0.739. The molecule has 4 rings (SSSR count). The van der Waals surface area contributed by atoms with E-state index in [4.69, 9.17) is 4.98 Å². The molecule has 6 nitrogen and oxygen atoms in total. The molecule has 0 aliphatic carbocycles. The van der Waals surface area contributed by atoms with Crippen LogP contribution in [0, 0.1) is 0 Å². The molecule has 2 heterocycles. The van der Waals surface area contributed by atoms with E-state index in [1.807, 2.05) is 54.6 Å². The van der Waals surface area contributed by atoms with Gasteiger partial charge in [0.2, 0.25) is 5.91 Å². The van der Waals surface area contributed by atoms with Crippen molar-refractivity contribution in [2.75, 3.05) is 6.54 Å². The number of aliphatic carboxylic acids is 1. The van der Waals surface area contributed by atoms with Crippen molar-refractivity contribution >= 4 is 22.9 Å². The topological polar surface area (TPSA) is 75.4 Å². The van der Waals surface area contributed by atoms with Crippen molar-refractivity contribution in [3.8, 4) is 5.69 Å². The molecule has 6 heteroatoms. The van der Waals surface area contributed by atoms with Crippen LogP contribution in [0.1, 0.15) is 31.5 Å². The summed E-state index contributed by atoms with van der Waals surface area (Å²) in [5.41, 5.74) is 2.88. The minimum absolute atomic E-state index is 0.112. The molecule has 0 bridgehead atoms. The molecule has 1 fully saturated rings. The Morgan fingerprint density at radius 2 is 1.79 bits per heavy atom. The molecule has 1 saturated heterocycles. The van der Waals surface area contributed by atoms with Crippen molar-refractivity contribution in [1.29, 1.82) is 0 Å². The minimum atomic E-state index is -0.912. The van der Waals surface area contributed by atoms with Gasteiger partial charge in [-0.1, -0.05) is 30.3 Å². The second-order valence-corrected chi connectivity index (χ2v) is 7.12. The van der Waals surface area contributed by atoms with Gasteiger partial charge in [-0.25, -0.2) is 9.78 Å². The first-order valence-electron chi connectivity index (χ1n) is 9.69. The maximum Gasteiger partial charge on any atom is 0.326 e. The summed E-state index contributed by atoms with van der Waals surface area (Å²) in [5.74, 6) is -0.215. The number of hydrogen-bond acceptors (Lipinski definition) is 3. The van der Waals surface area contributed by atoms with E-state index in [1.165, 1.54) is 4.90 Å². The fraction of sp³-hybridized carbons (Fsp3) is 0.318. The molecule has 0 radical (unpaired) electrons. The second-order valence-electron chi connectivity index (χ2n) is 7.12. The van der Waals surface area contributed by atoms with Gasteiger partial charge < -0.3 is 10.0 Å². The van der Waals surface area contributed by atoms with E-state index in [-0.39, 0.29) is 12.3 Å². The summed E-state index contributed by atoms with van der Waals surface area (Å²) < 4.78 is 2.08. The van der Waals surface area contributed by atoms with Gasteiger partial charge in [-0.15, -0.1) is 0 Å². The maximum atomic E-state index is 12.8. The van der Waals surface area contributed by atoms with Gasteiger partial charge in [0, 0.05) is 25.1 Å². The molecule has 2 aromatic carbocycles. The SMILES string of the molecule is O=C(O)[C@H]1CCCCN1C(=O)CCc1nc2ccccc2n1-c1ccccc1. The number of nitrogens with zero attached hydrogens (tertiary/aromatic N) is 3. The number of likely N-dealkylation sites (tertiary alicyclic amines) is 1. The van der Waals surface area contributed by atoms with E-state index in [9.17, 15) is 14.7 Å². The normalized spacial score (nSPS) is 17.0. The maximum absolute atomic E-state index is 12.8. The van der Waals surface area contributed by atoms with Crippen molar-refractivity contribution in [2.24, 2.45) is 0 Å². The molecule has 1 aliphatic heterocycles. The number of amides is 1. The Balaban J connectivity index is 1.60. The summed E-state index contributed by atoms with van der Waals surface area (Å²) in [7, 11) is 0. The van der Waals surface area contributed by atoms with Crippen LogP contribution in [-0.4, -0.2) is 44.0 Å². The van der Waals surface area contributed by atoms with Crippen molar-refractivity contribution < 1.29 is 14.7 Å². The third kappa shape index (κ3) is 3.50. The minimum Gasteiger partial charge on any atom is -0.480 e. The summed E-state index contributed by atoms with van der Waals surface area (Å²) in [5, 5.41) is 9.42. The number of piperidine rings is 1. The van der Waals surface area contributed by atoms with E-state index in [2.05, 4.69) is 4.57 Å². The van der Waals surface area contributed by atoms with Crippen LogP contribution in [0.15, 0.2) is 54.6 Å². The Morgan fingerprint density at radius 3 is 2.57 bits per heavy atom. The van der Waals surface area contributed by atoms with E-state index >= 15 is 0 Å². The van der Waals surface area contributed by atoms with Gasteiger partial charge >= 0.3 is 5.97 Å². The van der Waals surface area contributed by atoms with Gasteiger partial charge in [0.25, 0.3) is 0 Å². The monoisotopic (exact) mass is 377 g/mol. The Kier molecular flexibility index (Phi) is 5.10. The molecule has 28 heavy (non-hydrogen) atoms. The number of carbonyl (C=O) groups excluding carboxylic acids is 1. The number of rotatable bonds is 5. The zero-order valence-corrected chi connectivity index (χ0v) is 15.6. The predicted molar refractivity (Wildman–Crippen MR) is 106 cm³/mol. The fourth-order valence-electron chi connectivity index (χ4n) is 3.96. The zero-order valence-electron chi connectivity index (χ0n) is 15.6. The smallest absolute Gasteiger partial charge is 0.326 e. The second kappa shape index (κ2) is 7.84. The molecule has 1 aromatic heterocycles. The van der Waals surface area contributed by atoms with Gasteiger partial charge in [0.05, 0.1) is 11.0 Å². The van der Waals surface area contributed by atoms with Crippen molar-refractivity contribution in [3.05, 3.63) is 60.4 Å². The molecule has 3 aromatic rings. The number of hydrogen-bond donors (Lipinski definition) is 1. The number of carboxylic acid groups (broad SMARTS) is 1. The van der Waals surface area contributed by atoms with E-state index < -0.39 is 12.0 Å². The summed E-state index contributed by atoms with van der Waals surface area (Å²) >= 11 is 0. The lowest BCUT2D eigenvalue weighted by Crippen LogP contribution is -2.48. The number of para-hydroxylation sites is 3. The third-order valence-electron chi connectivity index (χ3n) is 5.32. The molecule has 0 saturated carbocycles. The summed E-state index contributed by atoms with van der Waals surface area (Å²) in [6, 6.07) is 17.2. The van der Waals surface area contributed by atoms with Crippen molar-refractivity contribution in [3.63, 3.8) is 0 Å². The molecular formula is C22H23N3O3. The van der Waals surface area contributed by atoms with Gasteiger partial charge in [0.15, 0.2) is 0 Å². The van der Waals surface area contributed by atoms with Crippen LogP contribution in [0.2, 0.25) is 0 Å². The number of carboxylic acids is 1. The fourth-order valence-corrected chi connectivity index (χ4v) is 3.96. The number of fused-ring (bicyclic) bond motifs is 1. The Morgan fingerprint density at radius 1 is 1.04 bits per heavy atom. The average Bonchev–Trinajstić information content (AvgIpc) is 3.11. The highest BCUT2D eigenvalue weighted by Gasteiger charge is 2.31. The predicted octanol–water partition coefficient (Wildman–Crippen LogP) is 3.42. The van der Waals surface area contributed by atoms with Crippen LogP contribution in [0.3, 0.4) is 0 Å². The lowest BCUT2D eigenvalue weighted by molar-refractivity contribution is -0.152. The largest absolute Gasteiger partial charge is 0.480 e. The first-order chi connectivity index (χ1) is 13.6. The van der Waals surface area contributed by atoms with Crippen LogP contribution < -0.4 is 0 Å². The first-order valence-corrected chi connectivity index (χ1v) is 9.69. The van der Waals surface area contributed by atoms with Crippen LogP contribution >= 0.6 is 0 Å². The lowest BCUT2D eigenvalue weighted by atomic mass is 10.0. The third-order valence-corrected chi connectivity index (χ3v) is 5.32. The van der Waals surface area contributed by atoms with Gasteiger partial charge in [-0.3, -0.25) is 9.36 Å². The van der Waals surface area contributed by atoms with E-state index in [0.717, 1.165) is 35.4 Å². The first kappa shape index (κ1) is 18.2. The van der Waals surface area contributed by atoms with Crippen molar-refractivity contribution in [2.45, 2.75) is 38.1 Å². The summed E-state index contributed by atoms with van der Waals surface area (Å²) in [4.78, 5) is 30.5. The Hall–Kier alpha value is -3.15. The Bertz CT molecular complexity index is 997. The van der Waals surface area contributed by atoms with Crippen LogP contribution in [-0.2, 0) is 16.0 Å². The summed E-state index contributed by atoms with van der Waals surface area (Å²) in [6.45, 7) is 0.519. The number of aryl methyl sites for hydroxylation is 1. The van der Waals surface area contributed by atoms with E-state index in [0.29, 0.717) is 19.4 Å². The molecule has 0 spiro atoms. The van der Waals surface area contributed by atoms with Crippen LogP contribution in [0.25, 0.3) is 16.7 Å². The lowest BCUT2D eigenvalue weighted by Gasteiger charge is -2.33. The van der Waals surface area contributed by atoms with Crippen LogP contribution in [0.4, 0.5) is 0 Å². The molecule has 0 unspecified atom stereocenters. The average molecular weight is 377 g/mol. The highest BCUT2D eigenvalue weighted by molar-refractivity contribution is 5.84. The summed E-state index contributed by atoms with van der Waals surface area (Å²) in [6.07, 6.45) is 2.96. The van der Waals surface area contributed by atoms with Gasteiger partial charge in [-0.05, 0) is 43.5 Å². The molecular weight excluding hydrogens is 354 g/mol. The Labute approximate surface area is 163 Å². The molecule has 144 valence electrons.